The summed E-state index contributed by atoms with van der Waals surface area (Å²) in [6.07, 6.45) is 4.59. The van der Waals surface area contributed by atoms with Crippen LogP contribution in [-0.2, 0) is 12.2 Å². The van der Waals surface area contributed by atoms with Gasteiger partial charge in [0, 0.05) is 29.4 Å². The van der Waals surface area contributed by atoms with Crippen molar-refractivity contribution < 1.29 is 0 Å². The fourth-order valence-electron chi connectivity index (χ4n) is 3.00. The number of pyridine rings is 1. The Morgan fingerprint density at radius 1 is 0.821 bits per heavy atom. The molecular formula is C23H22N4S. The lowest BCUT2D eigenvalue weighted by molar-refractivity contribution is 0.885. The smallest absolute Gasteiger partial charge is 0.196 e. The summed E-state index contributed by atoms with van der Waals surface area (Å²) in [5.74, 6) is 1.68. The Morgan fingerprint density at radius 2 is 1.50 bits per heavy atom. The van der Waals surface area contributed by atoms with E-state index in [2.05, 4.69) is 82.1 Å². The van der Waals surface area contributed by atoms with Crippen LogP contribution >= 0.6 is 11.8 Å². The van der Waals surface area contributed by atoms with Crippen molar-refractivity contribution in [2.24, 2.45) is 0 Å². The molecule has 0 aliphatic rings. The van der Waals surface area contributed by atoms with Crippen molar-refractivity contribution in [3.63, 3.8) is 0 Å². The molecule has 0 amide bonds. The maximum Gasteiger partial charge on any atom is 0.196 e. The molecule has 0 saturated heterocycles. The van der Waals surface area contributed by atoms with Crippen molar-refractivity contribution in [3.8, 4) is 17.1 Å². The molecule has 2 aromatic heterocycles. The number of thioether (sulfide) groups is 1. The van der Waals surface area contributed by atoms with Crippen LogP contribution in [0, 0.1) is 6.92 Å². The molecular weight excluding hydrogens is 364 g/mol. The molecule has 28 heavy (non-hydrogen) atoms. The molecule has 0 fully saturated rings. The summed E-state index contributed by atoms with van der Waals surface area (Å²) in [6.45, 7) is 4.27. The fourth-order valence-corrected chi connectivity index (χ4v) is 3.90. The molecule has 0 radical (unpaired) electrons. The van der Waals surface area contributed by atoms with E-state index in [9.17, 15) is 0 Å². The van der Waals surface area contributed by atoms with Crippen molar-refractivity contribution in [1.29, 1.82) is 0 Å². The molecule has 140 valence electrons. The van der Waals surface area contributed by atoms with E-state index in [4.69, 9.17) is 0 Å². The first-order valence-corrected chi connectivity index (χ1v) is 10.4. The lowest BCUT2D eigenvalue weighted by atomic mass is 10.1. The molecule has 4 nitrogen and oxygen atoms in total. The Morgan fingerprint density at radius 3 is 2.18 bits per heavy atom. The third-order valence-electron chi connectivity index (χ3n) is 4.66. The van der Waals surface area contributed by atoms with Crippen LogP contribution < -0.4 is 0 Å². The highest BCUT2D eigenvalue weighted by atomic mass is 32.2. The minimum Gasteiger partial charge on any atom is -0.270 e. The first kappa shape index (κ1) is 18.4. The Labute approximate surface area is 169 Å². The third-order valence-corrected chi connectivity index (χ3v) is 5.66. The molecule has 0 bridgehead atoms. The molecule has 4 aromatic rings. The van der Waals surface area contributed by atoms with Gasteiger partial charge in [-0.25, -0.2) is 0 Å². The van der Waals surface area contributed by atoms with Crippen LogP contribution in [0.25, 0.3) is 17.1 Å². The van der Waals surface area contributed by atoms with E-state index in [0.29, 0.717) is 0 Å². The van der Waals surface area contributed by atoms with Crippen LogP contribution in [0.15, 0.2) is 78.2 Å². The van der Waals surface area contributed by atoms with Crippen LogP contribution in [0.5, 0.6) is 0 Å². The number of aryl methyl sites for hydroxylation is 2. The Bertz CT molecular complexity index is 1040. The first-order chi connectivity index (χ1) is 13.7. The van der Waals surface area contributed by atoms with E-state index in [1.54, 1.807) is 24.2 Å². The second-order valence-electron chi connectivity index (χ2n) is 6.67. The average molecular weight is 387 g/mol. The van der Waals surface area contributed by atoms with Crippen molar-refractivity contribution in [1.82, 2.24) is 19.7 Å². The predicted octanol–water partition coefficient (Wildman–Crippen LogP) is 5.49. The van der Waals surface area contributed by atoms with E-state index in [-0.39, 0.29) is 0 Å². The van der Waals surface area contributed by atoms with Crippen molar-refractivity contribution >= 4 is 11.8 Å². The summed E-state index contributed by atoms with van der Waals surface area (Å²) in [6, 6.07) is 21.2. The molecule has 5 heteroatoms. The predicted molar refractivity (Wildman–Crippen MR) is 115 cm³/mol. The van der Waals surface area contributed by atoms with Gasteiger partial charge in [-0.2, -0.15) is 0 Å². The largest absolute Gasteiger partial charge is 0.270 e. The number of hydrogen-bond donors (Lipinski definition) is 0. The molecule has 0 aliphatic carbocycles. The molecule has 4 rings (SSSR count). The fraction of sp³-hybridized carbons (Fsp3) is 0.174. The van der Waals surface area contributed by atoms with E-state index in [1.807, 2.05) is 12.1 Å². The van der Waals surface area contributed by atoms with Crippen LogP contribution in [0.3, 0.4) is 0 Å². The molecule has 0 atom stereocenters. The standard InChI is InChI=1S/C23H22N4S/c1-3-18-8-10-21(11-9-18)27-22(20-12-14-24-15-13-20)25-26-23(27)28-16-19-6-4-17(2)5-7-19/h4-15H,3,16H2,1-2H3. The molecule has 0 spiro atoms. The SMILES string of the molecule is CCc1ccc(-n2c(SCc3ccc(C)cc3)nnc2-c2ccncc2)cc1. The van der Waals surface area contributed by atoms with Gasteiger partial charge in [0.2, 0.25) is 0 Å². The molecule has 0 saturated carbocycles. The van der Waals surface area contributed by atoms with Gasteiger partial charge >= 0.3 is 0 Å². The second kappa shape index (κ2) is 8.40. The Hall–Kier alpha value is -2.92. The van der Waals surface area contributed by atoms with Gasteiger partial charge in [-0.05, 0) is 48.7 Å². The summed E-state index contributed by atoms with van der Waals surface area (Å²) < 4.78 is 2.13. The minimum absolute atomic E-state index is 0.832. The zero-order chi connectivity index (χ0) is 19.3. The lowest BCUT2D eigenvalue weighted by Gasteiger charge is -2.11. The zero-order valence-electron chi connectivity index (χ0n) is 16.0. The minimum atomic E-state index is 0.832. The maximum atomic E-state index is 4.50. The highest BCUT2D eigenvalue weighted by Crippen LogP contribution is 2.29. The van der Waals surface area contributed by atoms with Crippen LogP contribution in [-0.4, -0.2) is 19.7 Å². The molecule has 0 aliphatic heterocycles. The van der Waals surface area contributed by atoms with Gasteiger partial charge in [-0.15, -0.1) is 10.2 Å². The van der Waals surface area contributed by atoms with Gasteiger partial charge in [-0.1, -0.05) is 60.6 Å². The Balaban J connectivity index is 1.71. The topological polar surface area (TPSA) is 43.6 Å². The van der Waals surface area contributed by atoms with Gasteiger partial charge in [0.15, 0.2) is 11.0 Å². The highest BCUT2D eigenvalue weighted by Gasteiger charge is 2.16. The van der Waals surface area contributed by atoms with Gasteiger partial charge in [-0.3, -0.25) is 9.55 Å². The van der Waals surface area contributed by atoms with Gasteiger partial charge < -0.3 is 0 Å². The van der Waals surface area contributed by atoms with E-state index in [1.165, 1.54) is 16.7 Å². The number of hydrogen-bond acceptors (Lipinski definition) is 4. The van der Waals surface area contributed by atoms with Gasteiger partial charge in [0.05, 0.1) is 0 Å². The Kier molecular flexibility index (Phi) is 5.53. The van der Waals surface area contributed by atoms with Crippen molar-refractivity contribution in [3.05, 3.63) is 89.7 Å². The van der Waals surface area contributed by atoms with E-state index >= 15 is 0 Å². The normalized spacial score (nSPS) is 10.9. The number of aromatic nitrogens is 4. The highest BCUT2D eigenvalue weighted by molar-refractivity contribution is 7.98. The number of nitrogens with zero attached hydrogens (tertiary/aromatic N) is 4. The monoisotopic (exact) mass is 386 g/mol. The molecule has 2 aromatic carbocycles. The van der Waals surface area contributed by atoms with Crippen LogP contribution in [0.1, 0.15) is 23.6 Å². The third kappa shape index (κ3) is 3.99. The summed E-state index contributed by atoms with van der Waals surface area (Å²) >= 11 is 1.70. The number of rotatable bonds is 6. The zero-order valence-corrected chi connectivity index (χ0v) is 16.9. The average Bonchev–Trinajstić information content (AvgIpc) is 3.18. The molecule has 0 unspecified atom stereocenters. The maximum absolute atomic E-state index is 4.50. The summed E-state index contributed by atoms with van der Waals surface area (Å²) in [5, 5.41) is 9.88. The molecule has 2 heterocycles. The van der Waals surface area contributed by atoms with Gasteiger partial charge in [0.1, 0.15) is 0 Å². The second-order valence-corrected chi connectivity index (χ2v) is 7.61. The summed E-state index contributed by atoms with van der Waals surface area (Å²) in [4.78, 5) is 4.12. The first-order valence-electron chi connectivity index (χ1n) is 9.38. The van der Waals surface area contributed by atoms with E-state index < -0.39 is 0 Å². The van der Waals surface area contributed by atoms with Crippen LogP contribution in [0.4, 0.5) is 0 Å². The summed E-state index contributed by atoms with van der Waals surface area (Å²) in [5.41, 5.74) is 5.94. The van der Waals surface area contributed by atoms with Crippen molar-refractivity contribution in [2.75, 3.05) is 0 Å². The van der Waals surface area contributed by atoms with Gasteiger partial charge in [0.25, 0.3) is 0 Å². The van der Waals surface area contributed by atoms with Crippen LogP contribution in [0.2, 0.25) is 0 Å². The molecule has 0 N–H and O–H groups in total. The lowest BCUT2D eigenvalue weighted by Crippen LogP contribution is -2.00. The quantitative estimate of drug-likeness (QED) is 0.411. The van der Waals surface area contributed by atoms with E-state index in [0.717, 1.165) is 34.4 Å². The van der Waals surface area contributed by atoms with Crippen molar-refractivity contribution in [2.45, 2.75) is 31.2 Å². The summed E-state index contributed by atoms with van der Waals surface area (Å²) in [7, 11) is 0. The number of benzene rings is 2.